The highest BCUT2D eigenvalue weighted by Gasteiger charge is 2.44. The second kappa shape index (κ2) is 7.19. The molecule has 2 N–H and O–H groups in total. The summed E-state index contributed by atoms with van der Waals surface area (Å²) in [4.78, 5) is 14.2. The van der Waals surface area contributed by atoms with Gasteiger partial charge in [-0.1, -0.05) is 48.0 Å². The Balaban J connectivity index is 1.39. The molecule has 4 atom stereocenters. The number of carbonyl (C=O) groups is 1. The minimum Gasteiger partial charge on any atom is -0.349 e. The van der Waals surface area contributed by atoms with Crippen LogP contribution in [0.2, 0.25) is 5.02 Å². The maximum Gasteiger partial charge on any atom is 0.251 e. The molecule has 2 aromatic carbocycles. The number of rotatable bonds is 4. The van der Waals surface area contributed by atoms with Gasteiger partial charge in [0.05, 0.1) is 12.1 Å². The van der Waals surface area contributed by atoms with E-state index in [-0.39, 0.29) is 11.9 Å². The second-order valence-corrected chi connectivity index (χ2v) is 7.80. The normalized spacial score (nSPS) is 27.9. The first-order valence-electron chi connectivity index (χ1n) is 9.15. The molecule has 1 amide bonds. The smallest absolute Gasteiger partial charge is 0.251 e. The molecule has 0 aliphatic carbocycles. The molecule has 2 heterocycles. The fourth-order valence-corrected chi connectivity index (χ4v) is 4.75. The highest BCUT2D eigenvalue weighted by molar-refractivity contribution is 6.30. The lowest BCUT2D eigenvalue weighted by Crippen LogP contribution is -3.17. The predicted octanol–water partition coefficient (Wildman–Crippen LogP) is 2.85. The van der Waals surface area contributed by atoms with Crippen LogP contribution in [0.25, 0.3) is 0 Å². The zero-order valence-corrected chi connectivity index (χ0v) is 15.0. The van der Waals surface area contributed by atoms with Gasteiger partial charge >= 0.3 is 0 Å². The van der Waals surface area contributed by atoms with Gasteiger partial charge in [-0.25, -0.2) is 0 Å². The molecular formula is C21H24ClN2O+. The van der Waals surface area contributed by atoms with E-state index in [0.717, 1.165) is 19.4 Å². The standard InChI is InChI=1S/C21H23ClN2O/c22-17-8-4-7-16(11-17)21(25)23-18-12-19-9-10-20(13-18)24(19)14-15-5-2-1-3-6-15/h1-8,11,18-20H,9-10,12-14H2,(H,23,25)/p+1/t18?,19-,20+. The van der Waals surface area contributed by atoms with Crippen molar-refractivity contribution in [2.45, 2.75) is 50.4 Å². The van der Waals surface area contributed by atoms with Crippen molar-refractivity contribution < 1.29 is 9.69 Å². The molecule has 130 valence electrons. The number of carbonyl (C=O) groups excluding carboxylic acids is 1. The molecule has 25 heavy (non-hydrogen) atoms. The Bertz CT molecular complexity index is 735. The Kier molecular flexibility index (Phi) is 4.78. The first kappa shape index (κ1) is 16.6. The van der Waals surface area contributed by atoms with Gasteiger partial charge in [-0.15, -0.1) is 0 Å². The number of fused-ring (bicyclic) bond motifs is 2. The average molecular weight is 356 g/mol. The zero-order chi connectivity index (χ0) is 17.2. The summed E-state index contributed by atoms with van der Waals surface area (Å²) in [5.74, 6) is -0.00147. The van der Waals surface area contributed by atoms with Crippen LogP contribution < -0.4 is 10.2 Å². The molecule has 2 unspecified atom stereocenters. The molecule has 2 fully saturated rings. The molecule has 2 bridgehead atoms. The van der Waals surface area contributed by atoms with Crippen molar-refractivity contribution in [3.8, 4) is 0 Å². The first-order chi connectivity index (χ1) is 12.2. The van der Waals surface area contributed by atoms with E-state index in [1.807, 2.05) is 12.1 Å². The van der Waals surface area contributed by atoms with Crippen molar-refractivity contribution in [3.05, 3.63) is 70.7 Å². The lowest BCUT2D eigenvalue weighted by Gasteiger charge is -2.36. The van der Waals surface area contributed by atoms with Gasteiger partial charge in [0.15, 0.2) is 0 Å². The lowest BCUT2D eigenvalue weighted by atomic mass is 9.96. The lowest BCUT2D eigenvalue weighted by molar-refractivity contribution is -0.954. The molecule has 0 radical (unpaired) electrons. The van der Waals surface area contributed by atoms with Crippen LogP contribution in [-0.2, 0) is 6.54 Å². The number of hydrogen-bond donors (Lipinski definition) is 2. The molecule has 0 saturated carbocycles. The molecule has 2 saturated heterocycles. The van der Waals surface area contributed by atoms with Crippen LogP contribution in [0, 0.1) is 0 Å². The summed E-state index contributed by atoms with van der Waals surface area (Å²) >= 11 is 6.00. The summed E-state index contributed by atoms with van der Waals surface area (Å²) < 4.78 is 0. The van der Waals surface area contributed by atoms with Gasteiger partial charge in [-0.2, -0.15) is 0 Å². The van der Waals surface area contributed by atoms with Crippen molar-refractivity contribution >= 4 is 17.5 Å². The van der Waals surface area contributed by atoms with Crippen molar-refractivity contribution in [3.63, 3.8) is 0 Å². The Labute approximate surface area is 154 Å². The molecule has 0 spiro atoms. The summed E-state index contributed by atoms with van der Waals surface area (Å²) in [5, 5.41) is 3.84. The van der Waals surface area contributed by atoms with Gasteiger partial charge in [0.25, 0.3) is 5.91 Å². The second-order valence-electron chi connectivity index (χ2n) is 7.36. The Morgan fingerprint density at radius 2 is 1.76 bits per heavy atom. The van der Waals surface area contributed by atoms with E-state index < -0.39 is 0 Å². The van der Waals surface area contributed by atoms with E-state index in [0.29, 0.717) is 22.7 Å². The number of piperidine rings is 1. The Hall–Kier alpha value is -1.84. The fraction of sp³-hybridized carbons (Fsp3) is 0.381. The Morgan fingerprint density at radius 3 is 2.44 bits per heavy atom. The van der Waals surface area contributed by atoms with E-state index in [1.54, 1.807) is 17.0 Å². The molecule has 3 nitrogen and oxygen atoms in total. The summed E-state index contributed by atoms with van der Waals surface area (Å²) in [6, 6.07) is 19.5. The van der Waals surface area contributed by atoms with Gasteiger partial charge in [-0.3, -0.25) is 4.79 Å². The van der Waals surface area contributed by atoms with E-state index in [1.165, 1.54) is 18.4 Å². The van der Waals surface area contributed by atoms with Crippen LogP contribution >= 0.6 is 11.6 Å². The molecule has 2 aromatic rings. The predicted molar refractivity (Wildman–Crippen MR) is 99.9 cm³/mol. The summed E-state index contributed by atoms with van der Waals surface area (Å²) in [7, 11) is 0. The quantitative estimate of drug-likeness (QED) is 0.868. The van der Waals surface area contributed by atoms with Crippen molar-refractivity contribution in [2.24, 2.45) is 0 Å². The van der Waals surface area contributed by atoms with Crippen LogP contribution in [0.1, 0.15) is 41.6 Å². The van der Waals surface area contributed by atoms with E-state index in [2.05, 4.69) is 35.6 Å². The van der Waals surface area contributed by atoms with Crippen molar-refractivity contribution in [2.75, 3.05) is 0 Å². The number of nitrogens with one attached hydrogen (secondary N) is 2. The van der Waals surface area contributed by atoms with Gasteiger partial charge < -0.3 is 10.2 Å². The van der Waals surface area contributed by atoms with Gasteiger partial charge in [0, 0.05) is 47.9 Å². The highest BCUT2D eigenvalue weighted by Crippen LogP contribution is 2.24. The zero-order valence-electron chi connectivity index (χ0n) is 14.2. The maximum absolute atomic E-state index is 12.5. The minimum absolute atomic E-state index is 0.00147. The average Bonchev–Trinajstić information content (AvgIpc) is 2.85. The number of halogens is 1. The largest absolute Gasteiger partial charge is 0.349 e. The van der Waals surface area contributed by atoms with Crippen molar-refractivity contribution in [1.29, 1.82) is 0 Å². The fourth-order valence-electron chi connectivity index (χ4n) is 4.56. The summed E-state index contributed by atoms with van der Waals surface area (Å²) in [5.41, 5.74) is 2.06. The number of hydrogen-bond acceptors (Lipinski definition) is 1. The third-order valence-electron chi connectivity index (χ3n) is 5.72. The topological polar surface area (TPSA) is 33.5 Å². The highest BCUT2D eigenvalue weighted by atomic mass is 35.5. The van der Waals surface area contributed by atoms with E-state index in [9.17, 15) is 4.79 Å². The van der Waals surface area contributed by atoms with Gasteiger partial charge in [0.1, 0.15) is 6.54 Å². The molecule has 4 heteroatoms. The van der Waals surface area contributed by atoms with Gasteiger partial charge in [-0.05, 0) is 18.2 Å². The van der Waals surface area contributed by atoms with Crippen molar-refractivity contribution in [1.82, 2.24) is 5.32 Å². The van der Waals surface area contributed by atoms with Gasteiger partial charge in [0.2, 0.25) is 0 Å². The van der Waals surface area contributed by atoms with Crippen LogP contribution in [0.5, 0.6) is 0 Å². The molecule has 0 aromatic heterocycles. The number of quaternary nitrogens is 1. The molecular weight excluding hydrogens is 332 g/mol. The number of amides is 1. The third-order valence-corrected chi connectivity index (χ3v) is 5.96. The molecule has 4 rings (SSSR count). The summed E-state index contributed by atoms with van der Waals surface area (Å²) in [6.45, 7) is 1.10. The molecule has 2 aliphatic rings. The molecule has 2 aliphatic heterocycles. The van der Waals surface area contributed by atoms with E-state index >= 15 is 0 Å². The summed E-state index contributed by atoms with van der Waals surface area (Å²) in [6.07, 6.45) is 4.70. The maximum atomic E-state index is 12.5. The third kappa shape index (κ3) is 3.73. The van der Waals surface area contributed by atoms with Crippen LogP contribution in [0.3, 0.4) is 0 Å². The number of benzene rings is 2. The SMILES string of the molecule is O=C(NC1C[C@H]2CC[C@@H](C1)[NH+]2Cc1ccccc1)c1cccc(Cl)c1. The van der Waals surface area contributed by atoms with Crippen LogP contribution in [-0.4, -0.2) is 24.0 Å². The van der Waals surface area contributed by atoms with Crippen LogP contribution in [0.15, 0.2) is 54.6 Å². The Morgan fingerprint density at radius 1 is 1.04 bits per heavy atom. The first-order valence-corrected chi connectivity index (χ1v) is 9.53. The minimum atomic E-state index is -0.00147. The van der Waals surface area contributed by atoms with Crippen LogP contribution in [0.4, 0.5) is 0 Å². The monoisotopic (exact) mass is 355 g/mol. The van der Waals surface area contributed by atoms with E-state index in [4.69, 9.17) is 11.6 Å².